The normalized spacial score (nSPS) is 35.2. The largest absolute Gasteiger partial charge is 0.493 e. The molecule has 2 aromatic carbocycles. The van der Waals surface area contributed by atoms with Crippen molar-refractivity contribution in [1.29, 1.82) is 0 Å². The van der Waals surface area contributed by atoms with Gasteiger partial charge in [0, 0.05) is 17.6 Å². The summed E-state index contributed by atoms with van der Waals surface area (Å²) in [5.74, 6) is -1.45. The highest BCUT2D eigenvalue weighted by Crippen LogP contribution is 2.57. The van der Waals surface area contributed by atoms with Crippen LogP contribution in [0, 0.1) is 11.8 Å². The summed E-state index contributed by atoms with van der Waals surface area (Å²) in [4.78, 5) is 26.7. The van der Waals surface area contributed by atoms with Crippen LogP contribution >= 0.6 is 11.8 Å². The van der Waals surface area contributed by atoms with Crippen LogP contribution in [0.3, 0.4) is 0 Å². The second-order valence-electron chi connectivity index (χ2n) is 14.1. The van der Waals surface area contributed by atoms with Crippen molar-refractivity contribution in [3.8, 4) is 28.7 Å². The molecule has 8 rings (SSSR count). The average molecular weight is 763 g/mol. The Balaban J connectivity index is 1.12. The Morgan fingerprint density at radius 1 is 0.943 bits per heavy atom. The van der Waals surface area contributed by atoms with Gasteiger partial charge in [0.05, 0.1) is 52.2 Å². The highest BCUT2D eigenvalue weighted by atomic mass is 32.2. The number of carbonyl (C=O) groups is 2. The van der Waals surface area contributed by atoms with Crippen molar-refractivity contribution in [2.24, 2.45) is 11.8 Å². The fourth-order valence-corrected chi connectivity index (χ4v) is 8.57. The van der Waals surface area contributed by atoms with E-state index in [0.29, 0.717) is 40.5 Å². The molecular formula is C36H42O16S. The number of methoxy groups -OCH3 is 2. The van der Waals surface area contributed by atoms with Crippen molar-refractivity contribution in [3.63, 3.8) is 0 Å². The molecule has 0 radical (unpaired) electrons. The summed E-state index contributed by atoms with van der Waals surface area (Å²) in [6, 6.07) is 6.99. The summed E-state index contributed by atoms with van der Waals surface area (Å²) in [5.41, 5.74) is 1.91. The van der Waals surface area contributed by atoms with E-state index >= 15 is 0 Å². The first-order valence-electron chi connectivity index (χ1n) is 17.4. The number of hydrogen-bond acceptors (Lipinski definition) is 17. The molecule has 5 heterocycles. The third-order valence-corrected chi connectivity index (χ3v) is 11.2. The van der Waals surface area contributed by atoms with Gasteiger partial charge in [-0.2, -0.15) is 0 Å². The molecule has 2 N–H and O–H groups in total. The van der Waals surface area contributed by atoms with Gasteiger partial charge in [-0.15, -0.1) is 0 Å². The number of ether oxygens (including phenoxy) is 12. The topological polar surface area (TPSA) is 185 Å². The Kier molecular flexibility index (Phi) is 9.91. The first-order valence-corrected chi connectivity index (χ1v) is 18.4. The minimum absolute atomic E-state index is 0.00116. The fraction of sp³-hybridized carbons (Fsp3) is 0.611. The number of esters is 1. The summed E-state index contributed by atoms with van der Waals surface area (Å²) >= 11 is 0.940. The standard InChI is InChI=1S/C36H42O16S/c1-15-43-12-25-32(48-15)28(37)29(38)34(49-25)50-30-19-9-22-21(45-14-46-22)8-18(19)26(27-20(30)11-44-33(27)39)16-6-23(41-4)31(24(7-16)42-5)51-35(40)53-13-17-10-47-36(2,3)52-17/h6-9,15,17,20,25-30,32,34,37-38H,10-14H2,1-5H3/t15?,17?,20?,25?,26-,27?,28?,29?,30?,32?,34?/m1/s1. The zero-order valence-electron chi connectivity index (χ0n) is 29.7. The molecule has 0 aromatic heterocycles. The number of hydrogen-bond donors (Lipinski definition) is 2. The molecule has 1 aliphatic carbocycles. The lowest BCUT2D eigenvalue weighted by molar-refractivity contribution is -0.364. The quantitative estimate of drug-likeness (QED) is 0.374. The van der Waals surface area contributed by atoms with Crippen LogP contribution in [0.4, 0.5) is 4.79 Å². The van der Waals surface area contributed by atoms with Gasteiger partial charge in [-0.1, -0.05) is 0 Å². The number of carbonyl (C=O) groups excluding carboxylic acids is 2. The highest BCUT2D eigenvalue weighted by molar-refractivity contribution is 8.13. The van der Waals surface area contributed by atoms with Gasteiger partial charge in [0.15, 0.2) is 41.4 Å². The second kappa shape index (κ2) is 14.4. The van der Waals surface area contributed by atoms with E-state index in [1.165, 1.54) is 14.2 Å². The van der Waals surface area contributed by atoms with Gasteiger partial charge in [0.1, 0.15) is 24.4 Å². The number of thioether (sulfide) groups is 1. The molecule has 0 bridgehead atoms. The molecule has 0 saturated carbocycles. The lowest BCUT2D eigenvalue weighted by atomic mass is 9.66. The molecular weight excluding hydrogens is 720 g/mol. The van der Waals surface area contributed by atoms with E-state index in [-0.39, 0.29) is 43.4 Å². The van der Waals surface area contributed by atoms with Crippen molar-refractivity contribution in [1.82, 2.24) is 0 Å². The van der Waals surface area contributed by atoms with Gasteiger partial charge in [0.2, 0.25) is 12.5 Å². The first-order chi connectivity index (χ1) is 25.4. The van der Waals surface area contributed by atoms with Crippen molar-refractivity contribution in [2.75, 3.05) is 46.6 Å². The van der Waals surface area contributed by atoms with Gasteiger partial charge in [0.25, 0.3) is 0 Å². The van der Waals surface area contributed by atoms with E-state index in [1.807, 2.05) is 13.8 Å². The molecule has 2 aromatic rings. The van der Waals surface area contributed by atoms with Crippen LogP contribution < -0.4 is 23.7 Å². The third-order valence-electron chi connectivity index (χ3n) is 10.4. The number of aliphatic hydroxyl groups is 2. The third kappa shape index (κ3) is 6.80. The maximum absolute atomic E-state index is 13.7. The van der Waals surface area contributed by atoms with Crippen molar-refractivity contribution < 1.29 is 76.6 Å². The lowest BCUT2D eigenvalue weighted by Gasteiger charge is -2.47. The van der Waals surface area contributed by atoms with Crippen LogP contribution in [0.25, 0.3) is 0 Å². The lowest BCUT2D eigenvalue weighted by Crippen LogP contribution is -2.63. The first kappa shape index (κ1) is 36.6. The Morgan fingerprint density at radius 3 is 2.34 bits per heavy atom. The molecule has 11 atom stereocenters. The minimum atomic E-state index is -1.47. The summed E-state index contributed by atoms with van der Waals surface area (Å²) in [7, 11) is 2.88. The van der Waals surface area contributed by atoms with E-state index in [4.69, 9.17) is 56.8 Å². The maximum atomic E-state index is 13.7. The predicted molar refractivity (Wildman–Crippen MR) is 180 cm³/mol. The average Bonchev–Trinajstić information content (AvgIpc) is 3.86. The maximum Gasteiger partial charge on any atom is 0.373 e. The molecule has 288 valence electrons. The van der Waals surface area contributed by atoms with Gasteiger partial charge >= 0.3 is 11.3 Å². The smallest absolute Gasteiger partial charge is 0.373 e. The van der Waals surface area contributed by atoms with E-state index in [1.54, 1.807) is 31.2 Å². The van der Waals surface area contributed by atoms with E-state index in [2.05, 4.69) is 0 Å². The Labute approximate surface area is 309 Å². The van der Waals surface area contributed by atoms with Crippen LogP contribution in [-0.4, -0.2) is 117 Å². The van der Waals surface area contributed by atoms with Crippen LogP contribution in [0.15, 0.2) is 24.3 Å². The molecule has 16 nitrogen and oxygen atoms in total. The van der Waals surface area contributed by atoms with E-state index in [9.17, 15) is 19.8 Å². The van der Waals surface area contributed by atoms with E-state index in [0.717, 1.165) is 11.8 Å². The second-order valence-corrected chi connectivity index (χ2v) is 15.0. The molecule has 6 aliphatic rings. The van der Waals surface area contributed by atoms with Crippen molar-refractivity contribution in [2.45, 2.75) is 81.7 Å². The molecule has 4 fully saturated rings. The van der Waals surface area contributed by atoms with Gasteiger partial charge in [-0.25, -0.2) is 4.79 Å². The molecule has 4 saturated heterocycles. The summed E-state index contributed by atoms with van der Waals surface area (Å²) in [6.45, 7) is 5.81. The number of cyclic esters (lactones) is 1. The zero-order valence-corrected chi connectivity index (χ0v) is 30.5. The van der Waals surface area contributed by atoms with Gasteiger partial charge < -0.3 is 67.1 Å². The van der Waals surface area contributed by atoms with Gasteiger partial charge in [-0.3, -0.25) is 4.79 Å². The van der Waals surface area contributed by atoms with Crippen molar-refractivity contribution in [3.05, 3.63) is 41.0 Å². The predicted octanol–water partition coefficient (Wildman–Crippen LogP) is 3.02. The zero-order chi connectivity index (χ0) is 37.2. The Hall–Kier alpha value is -3.39. The van der Waals surface area contributed by atoms with Crippen LogP contribution in [-0.2, 0) is 38.0 Å². The molecule has 0 spiro atoms. The number of rotatable bonds is 8. The molecule has 10 unspecified atom stereocenters. The number of aliphatic hydroxyl groups excluding tert-OH is 2. The SMILES string of the molecule is COc1cc([C@@H]2c3cc4c(cc3C(OC3OC5COC(C)OC5C(O)C3O)C3COC(=O)C32)OCO4)cc(OC)c1OC(=O)SCC1COC(C)(C)O1. The Morgan fingerprint density at radius 2 is 1.66 bits per heavy atom. The molecule has 53 heavy (non-hydrogen) atoms. The highest BCUT2D eigenvalue weighted by Gasteiger charge is 2.56. The molecule has 0 amide bonds. The Bertz CT molecular complexity index is 1710. The van der Waals surface area contributed by atoms with Crippen LogP contribution in [0.2, 0.25) is 0 Å². The summed E-state index contributed by atoms with van der Waals surface area (Å²) < 4.78 is 69.8. The minimum Gasteiger partial charge on any atom is -0.493 e. The van der Waals surface area contributed by atoms with Crippen LogP contribution in [0.5, 0.6) is 28.7 Å². The fourth-order valence-electron chi connectivity index (χ4n) is 7.94. The number of benzene rings is 2. The van der Waals surface area contributed by atoms with Gasteiger partial charge in [-0.05, 0) is 73.5 Å². The number of fused-ring (bicyclic) bond motifs is 4. The monoisotopic (exact) mass is 762 g/mol. The summed E-state index contributed by atoms with van der Waals surface area (Å²) in [5, 5.41) is 21.6. The molecule has 17 heteroatoms. The molecule has 5 aliphatic heterocycles. The van der Waals surface area contributed by atoms with Crippen LogP contribution in [0.1, 0.15) is 49.5 Å². The summed E-state index contributed by atoms with van der Waals surface area (Å²) in [6.07, 6.45) is -7.32. The van der Waals surface area contributed by atoms with Crippen molar-refractivity contribution >= 4 is 23.0 Å². The van der Waals surface area contributed by atoms with E-state index < -0.39 is 77.9 Å².